The Bertz CT molecular complexity index is 394. The van der Waals surface area contributed by atoms with Gasteiger partial charge in [-0.1, -0.05) is 19.9 Å². The summed E-state index contributed by atoms with van der Waals surface area (Å²) < 4.78 is 28.0. The van der Waals surface area contributed by atoms with Gasteiger partial charge >= 0.3 is 0 Å². The molecule has 19 heavy (non-hydrogen) atoms. The van der Waals surface area contributed by atoms with E-state index in [2.05, 4.69) is 24.1 Å². The molecule has 4 heteroatoms. The molecule has 0 aliphatic rings. The molecule has 0 saturated heterocycles. The van der Waals surface area contributed by atoms with E-state index < -0.39 is 17.7 Å². The predicted molar refractivity (Wildman–Crippen MR) is 75.2 cm³/mol. The summed E-state index contributed by atoms with van der Waals surface area (Å²) in [7, 11) is 1.74. The Balaban J connectivity index is 3.27. The molecule has 1 N–H and O–H groups in total. The molecule has 0 fully saturated rings. The van der Waals surface area contributed by atoms with Crippen molar-refractivity contribution in [1.82, 2.24) is 10.2 Å². The van der Waals surface area contributed by atoms with Gasteiger partial charge in [-0.05, 0) is 46.1 Å². The zero-order valence-corrected chi connectivity index (χ0v) is 12.4. The van der Waals surface area contributed by atoms with Crippen LogP contribution in [0.5, 0.6) is 0 Å². The van der Waals surface area contributed by atoms with Gasteiger partial charge in [0.15, 0.2) is 0 Å². The summed E-state index contributed by atoms with van der Waals surface area (Å²) >= 11 is 0. The van der Waals surface area contributed by atoms with Gasteiger partial charge in [-0.2, -0.15) is 0 Å². The van der Waals surface area contributed by atoms with Crippen LogP contribution in [0.15, 0.2) is 18.2 Å². The average molecular weight is 270 g/mol. The van der Waals surface area contributed by atoms with Gasteiger partial charge in [0.1, 0.15) is 11.6 Å². The maximum atomic E-state index is 14.0. The van der Waals surface area contributed by atoms with Gasteiger partial charge < -0.3 is 5.32 Å². The van der Waals surface area contributed by atoms with Crippen molar-refractivity contribution in [1.29, 1.82) is 0 Å². The van der Waals surface area contributed by atoms with Gasteiger partial charge in [0.2, 0.25) is 0 Å². The first-order valence-corrected chi connectivity index (χ1v) is 6.76. The van der Waals surface area contributed by atoms with E-state index in [1.54, 1.807) is 7.05 Å². The second-order valence-corrected chi connectivity index (χ2v) is 5.18. The number of rotatable bonds is 6. The molecule has 0 radical (unpaired) electrons. The second-order valence-electron chi connectivity index (χ2n) is 5.18. The Hall–Kier alpha value is -1.00. The number of hydrogen-bond donors (Lipinski definition) is 1. The summed E-state index contributed by atoms with van der Waals surface area (Å²) in [5.74, 6) is -1.00. The van der Waals surface area contributed by atoms with Crippen molar-refractivity contribution in [3.8, 4) is 0 Å². The van der Waals surface area contributed by atoms with E-state index in [-0.39, 0.29) is 11.1 Å². The van der Waals surface area contributed by atoms with Crippen molar-refractivity contribution in [2.45, 2.75) is 39.3 Å². The van der Waals surface area contributed by atoms with Crippen molar-refractivity contribution in [2.75, 3.05) is 20.1 Å². The fraction of sp³-hybridized carbons (Fsp3) is 0.600. The molecular weight excluding hydrogens is 246 g/mol. The van der Waals surface area contributed by atoms with Crippen LogP contribution in [0, 0.1) is 11.6 Å². The lowest BCUT2D eigenvalue weighted by atomic mass is 9.86. The van der Waals surface area contributed by atoms with Crippen LogP contribution in [0.25, 0.3) is 0 Å². The quantitative estimate of drug-likeness (QED) is 0.853. The molecule has 108 valence electrons. The third kappa shape index (κ3) is 3.12. The number of nitrogens with one attached hydrogen (secondary N) is 1. The van der Waals surface area contributed by atoms with Gasteiger partial charge in [-0.15, -0.1) is 0 Å². The van der Waals surface area contributed by atoms with Crippen LogP contribution in [-0.2, 0) is 0 Å². The van der Waals surface area contributed by atoms with Gasteiger partial charge in [0.25, 0.3) is 0 Å². The third-order valence-electron chi connectivity index (χ3n) is 3.86. The molecule has 1 aromatic rings. The first-order chi connectivity index (χ1) is 8.89. The standard InChI is InChI=1S/C15H24F2N2/c1-6-19(7-2)15(3,4)14(18-5)13-11(16)9-8-10-12(13)17/h8-10,14,18H,6-7H2,1-5H3. The van der Waals surface area contributed by atoms with Gasteiger partial charge in [-0.25, -0.2) is 8.78 Å². The summed E-state index contributed by atoms with van der Waals surface area (Å²) in [5, 5.41) is 3.07. The smallest absolute Gasteiger partial charge is 0.130 e. The predicted octanol–water partition coefficient (Wildman–Crippen LogP) is 3.35. The van der Waals surface area contributed by atoms with Crippen LogP contribution in [-0.4, -0.2) is 30.6 Å². The monoisotopic (exact) mass is 270 g/mol. The molecule has 0 aromatic heterocycles. The minimum absolute atomic E-state index is 0.113. The number of benzene rings is 1. The average Bonchev–Trinajstić information content (AvgIpc) is 2.34. The van der Waals surface area contributed by atoms with Crippen molar-refractivity contribution < 1.29 is 8.78 Å². The molecule has 0 aliphatic heterocycles. The van der Waals surface area contributed by atoms with Gasteiger partial charge in [-0.3, -0.25) is 4.90 Å². The summed E-state index contributed by atoms with van der Waals surface area (Å²) in [5.41, 5.74) is -0.275. The zero-order valence-electron chi connectivity index (χ0n) is 12.4. The lowest BCUT2D eigenvalue weighted by Gasteiger charge is -2.43. The third-order valence-corrected chi connectivity index (χ3v) is 3.86. The first-order valence-electron chi connectivity index (χ1n) is 6.76. The first kappa shape index (κ1) is 16.1. The largest absolute Gasteiger partial charge is 0.311 e. The van der Waals surface area contributed by atoms with Crippen molar-refractivity contribution in [2.24, 2.45) is 0 Å². The van der Waals surface area contributed by atoms with Gasteiger partial charge in [0, 0.05) is 11.1 Å². The molecular formula is C15H24F2N2. The second kappa shape index (κ2) is 6.44. The summed E-state index contributed by atoms with van der Waals surface area (Å²) in [6, 6.07) is 3.60. The number of likely N-dealkylation sites (N-methyl/N-ethyl adjacent to an activating group) is 2. The number of halogens is 2. The normalized spacial score (nSPS) is 13.9. The van der Waals surface area contributed by atoms with E-state index in [0.29, 0.717) is 0 Å². The summed E-state index contributed by atoms with van der Waals surface area (Å²) in [6.07, 6.45) is 0. The Morgan fingerprint density at radius 2 is 1.63 bits per heavy atom. The maximum absolute atomic E-state index is 14.0. The molecule has 2 nitrogen and oxygen atoms in total. The zero-order chi connectivity index (χ0) is 14.6. The molecule has 0 heterocycles. The highest BCUT2D eigenvalue weighted by molar-refractivity contribution is 5.26. The molecule has 1 rings (SSSR count). The highest BCUT2D eigenvalue weighted by atomic mass is 19.1. The molecule has 0 bridgehead atoms. The van der Waals surface area contributed by atoms with Crippen LogP contribution < -0.4 is 5.32 Å². The van der Waals surface area contributed by atoms with Crippen LogP contribution >= 0.6 is 0 Å². The summed E-state index contributed by atoms with van der Waals surface area (Å²) in [6.45, 7) is 9.78. The highest BCUT2D eigenvalue weighted by Gasteiger charge is 2.37. The molecule has 1 aromatic carbocycles. The maximum Gasteiger partial charge on any atom is 0.130 e. The van der Waals surface area contributed by atoms with Crippen molar-refractivity contribution in [3.05, 3.63) is 35.4 Å². The Labute approximate surface area is 114 Å². The molecule has 0 aliphatic carbocycles. The SMILES string of the molecule is CCN(CC)C(C)(C)C(NC)c1c(F)cccc1F. The number of hydrogen-bond acceptors (Lipinski definition) is 2. The Kier molecular flexibility index (Phi) is 5.44. The summed E-state index contributed by atoms with van der Waals surface area (Å²) in [4.78, 5) is 2.19. The van der Waals surface area contributed by atoms with Crippen molar-refractivity contribution in [3.63, 3.8) is 0 Å². The Morgan fingerprint density at radius 1 is 1.16 bits per heavy atom. The molecule has 0 saturated carbocycles. The van der Waals surface area contributed by atoms with Crippen molar-refractivity contribution >= 4 is 0 Å². The molecule has 1 unspecified atom stereocenters. The minimum Gasteiger partial charge on any atom is -0.311 e. The van der Waals surface area contributed by atoms with E-state index in [4.69, 9.17) is 0 Å². The van der Waals surface area contributed by atoms with E-state index in [1.165, 1.54) is 18.2 Å². The molecule has 1 atom stereocenters. The van der Waals surface area contributed by atoms with Crippen LogP contribution in [0.1, 0.15) is 39.3 Å². The molecule has 0 amide bonds. The van der Waals surface area contributed by atoms with E-state index in [9.17, 15) is 8.78 Å². The van der Waals surface area contributed by atoms with E-state index in [0.717, 1.165) is 13.1 Å². The van der Waals surface area contributed by atoms with Crippen LogP contribution in [0.3, 0.4) is 0 Å². The van der Waals surface area contributed by atoms with Gasteiger partial charge in [0.05, 0.1) is 6.04 Å². The van der Waals surface area contributed by atoms with E-state index in [1.807, 2.05) is 13.8 Å². The lowest BCUT2D eigenvalue weighted by molar-refractivity contribution is 0.0913. The molecule has 0 spiro atoms. The fourth-order valence-corrected chi connectivity index (χ4v) is 2.86. The topological polar surface area (TPSA) is 15.3 Å². The lowest BCUT2D eigenvalue weighted by Crippen LogP contribution is -2.52. The number of nitrogens with zero attached hydrogens (tertiary/aromatic N) is 1. The fourth-order valence-electron chi connectivity index (χ4n) is 2.86. The minimum atomic E-state index is -0.500. The van der Waals surface area contributed by atoms with Crippen LogP contribution in [0.2, 0.25) is 0 Å². The highest BCUT2D eigenvalue weighted by Crippen LogP contribution is 2.33. The van der Waals surface area contributed by atoms with Crippen LogP contribution in [0.4, 0.5) is 8.78 Å². The Morgan fingerprint density at radius 3 is 2.00 bits per heavy atom. The van der Waals surface area contributed by atoms with E-state index >= 15 is 0 Å².